The number of rotatable bonds is 5. The molecular weight excluding hydrogens is 158 g/mol. The highest BCUT2D eigenvalue weighted by Crippen LogP contribution is 2.07. The zero-order valence-electron chi connectivity index (χ0n) is 9.59. The largest absolute Gasteiger partial charge is 0.333 e. The Bertz CT molecular complexity index is 127. The lowest BCUT2D eigenvalue weighted by atomic mass is 10.0. The summed E-state index contributed by atoms with van der Waals surface area (Å²) in [6.07, 6.45) is 8.92. The van der Waals surface area contributed by atoms with Gasteiger partial charge in [-0.3, -0.25) is 0 Å². The van der Waals surface area contributed by atoms with Gasteiger partial charge in [-0.2, -0.15) is 0 Å². The molecule has 0 aromatic rings. The van der Waals surface area contributed by atoms with Gasteiger partial charge < -0.3 is 5.73 Å². The third kappa shape index (κ3) is 11.4. The predicted molar refractivity (Wildman–Crippen MR) is 62.7 cm³/mol. The van der Waals surface area contributed by atoms with Crippen LogP contribution in [-0.4, -0.2) is 7.05 Å². The van der Waals surface area contributed by atoms with Gasteiger partial charge in [0.1, 0.15) is 0 Å². The van der Waals surface area contributed by atoms with E-state index in [1.54, 1.807) is 0 Å². The molecule has 0 saturated heterocycles. The number of hydrogen-bond acceptors (Lipinski definition) is 1. The van der Waals surface area contributed by atoms with Crippen LogP contribution in [0.2, 0.25) is 0 Å². The van der Waals surface area contributed by atoms with Gasteiger partial charge in [0.25, 0.3) is 0 Å². The lowest BCUT2D eigenvalue weighted by Gasteiger charge is -2.01. The van der Waals surface area contributed by atoms with Crippen molar-refractivity contribution in [2.24, 2.45) is 17.6 Å². The maximum atomic E-state index is 4.50. The average molecular weight is 183 g/mol. The second-order valence-electron chi connectivity index (χ2n) is 3.26. The fraction of sp³-hybridized carbons (Fsp3) is 0.667. The minimum atomic E-state index is 0.621. The summed E-state index contributed by atoms with van der Waals surface area (Å²) < 4.78 is 0. The molecule has 0 radical (unpaired) electrons. The molecule has 13 heavy (non-hydrogen) atoms. The number of hydrogen-bond donors (Lipinski definition) is 1. The first-order valence-electron chi connectivity index (χ1n) is 5.07. The van der Waals surface area contributed by atoms with Crippen molar-refractivity contribution in [2.45, 2.75) is 33.6 Å². The molecule has 0 rings (SSSR count). The third-order valence-corrected chi connectivity index (χ3v) is 2.02. The molecule has 78 valence electrons. The van der Waals surface area contributed by atoms with Crippen molar-refractivity contribution in [3.8, 4) is 0 Å². The summed E-state index contributed by atoms with van der Waals surface area (Å²) in [6.45, 7) is 10.4. The van der Waals surface area contributed by atoms with E-state index in [9.17, 15) is 0 Å². The molecule has 0 amide bonds. The van der Waals surface area contributed by atoms with Crippen LogP contribution in [0, 0.1) is 11.8 Å². The van der Waals surface area contributed by atoms with Crippen molar-refractivity contribution in [1.82, 2.24) is 0 Å². The molecule has 2 N–H and O–H groups in total. The Morgan fingerprint density at radius 1 is 1.23 bits per heavy atom. The van der Waals surface area contributed by atoms with Crippen molar-refractivity contribution < 1.29 is 0 Å². The van der Waals surface area contributed by atoms with Crippen LogP contribution < -0.4 is 5.73 Å². The van der Waals surface area contributed by atoms with E-state index in [4.69, 9.17) is 0 Å². The molecule has 0 spiro atoms. The quantitative estimate of drug-likeness (QED) is 0.650. The van der Waals surface area contributed by atoms with Gasteiger partial charge in [-0.25, -0.2) is 0 Å². The number of nitrogens with two attached hydrogens (primary N) is 1. The summed E-state index contributed by atoms with van der Waals surface area (Å²) in [5.74, 6) is 1.35. The Morgan fingerprint density at radius 2 is 1.77 bits per heavy atom. The van der Waals surface area contributed by atoms with E-state index in [1.807, 2.05) is 6.08 Å². The molecule has 2 atom stereocenters. The standard InChI is InChI=1S/C11H20.CH5N/c1-5-10(3)8-7-9-11(4)6-2;1-2/h5,7,9-11H,1,6,8H2,2-4H3;2H2,1H3/b9-7-;. The molecule has 0 aliphatic rings. The maximum absolute atomic E-state index is 4.50. The van der Waals surface area contributed by atoms with Crippen LogP contribution in [0.5, 0.6) is 0 Å². The van der Waals surface area contributed by atoms with Crippen molar-refractivity contribution >= 4 is 0 Å². The van der Waals surface area contributed by atoms with E-state index >= 15 is 0 Å². The molecule has 1 nitrogen and oxygen atoms in total. The maximum Gasteiger partial charge on any atom is -0.0195 e. The summed E-state index contributed by atoms with van der Waals surface area (Å²) >= 11 is 0. The minimum Gasteiger partial charge on any atom is -0.333 e. The topological polar surface area (TPSA) is 26.0 Å². The number of allylic oxidation sites excluding steroid dienone is 3. The zero-order chi connectivity index (χ0) is 10.7. The van der Waals surface area contributed by atoms with Crippen molar-refractivity contribution in [2.75, 3.05) is 7.05 Å². The Morgan fingerprint density at radius 3 is 2.15 bits per heavy atom. The van der Waals surface area contributed by atoms with Crippen LogP contribution in [-0.2, 0) is 0 Å². The van der Waals surface area contributed by atoms with Gasteiger partial charge in [0.05, 0.1) is 0 Å². The van der Waals surface area contributed by atoms with Gasteiger partial charge in [0.2, 0.25) is 0 Å². The molecule has 2 unspecified atom stereocenters. The highest BCUT2D eigenvalue weighted by atomic mass is 14.4. The third-order valence-electron chi connectivity index (χ3n) is 2.02. The van der Waals surface area contributed by atoms with Gasteiger partial charge >= 0.3 is 0 Å². The molecule has 1 heteroatoms. The highest BCUT2D eigenvalue weighted by Gasteiger charge is 1.92. The van der Waals surface area contributed by atoms with Gasteiger partial charge in [-0.15, -0.1) is 6.58 Å². The van der Waals surface area contributed by atoms with Crippen molar-refractivity contribution in [3.05, 3.63) is 24.8 Å². The molecule has 0 aromatic heterocycles. The van der Waals surface area contributed by atoms with E-state index in [2.05, 4.69) is 45.2 Å². The molecule has 0 heterocycles. The molecule has 0 fully saturated rings. The highest BCUT2D eigenvalue weighted by molar-refractivity contribution is 4.90. The predicted octanol–water partition coefficient (Wildman–Crippen LogP) is 3.38. The van der Waals surface area contributed by atoms with Crippen LogP contribution in [0.3, 0.4) is 0 Å². The van der Waals surface area contributed by atoms with Gasteiger partial charge in [0, 0.05) is 0 Å². The smallest absolute Gasteiger partial charge is 0.0195 e. The van der Waals surface area contributed by atoms with Crippen LogP contribution in [0.1, 0.15) is 33.6 Å². The molecule has 0 bridgehead atoms. The van der Waals surface area contributed by atoms with Crippen molar-refractivity contribution in [1.29, 1.82) is 0 Å². The molecular formula is C12H25N. The molecule has 0 aliphatic heterocycles. The zero-order valence-corrected chi connectivity index (χ0v) is 9.59. The summed E-state index contributed by atoms with van der Waals surface area (Å²) in [6, 6.07) is 0. The lowest BCUT2D eigenvalue weighted by molar-refractivity contribution is 0.683. The Labute approximate surface area is 83.7 Å². The second kappa shape index (κ2) is 11.4. The van der Waals surface area contributed by atoms with Crippen LogP contribution in [0.15, 0.2) is 24.8 Å². The Hall–Kier alpha value is -0.560. The summed E-state index contributed by atoms with van der Waals surface area (Å²) in [7, 11) is 1.50. The van der Waals surface area contributed by atoms with Crippen LogP contribution in [0.4, 0.5) is 0 Å². The van der Waals surface area contributed by atoms with E-state index in [0.717, 1.165) is 12.3 Å². The Balaban J connectivity index is 0. The van der Waals surface area contributed by atoms with E-state index in [0.29, 0.717) is 5.92 Å². The SMILES string of the molecule is C=CC(C)C/C=C\C(C)CC.CN. The van der Waals surface area contributed by atoms with E-state index in [-0.39, 0.29) is 0 Å². The second-order valence-corrected chi connectivity index (χ2v) is 3.26. The van der Waals surface area contributed by atoms with Crippen molar-refractivity contribution in [3.63, 3.8) is 0 Å². The van der Waals surface area contributed by atoms with Gasteiger partial charge in [0.15, 0.2) is 0 Å². The van der Waals surface area contributed by atoms with Crippen LogP contribution in [0.25, 0.3) is 0 Å². The van der Waals surface area contributed by atoms with Gasteiger partial charge in [-0.05, 0) is 25.3 Å². The molecule has 0 saturated carbocycles. The average Bonchev–Trinajstić information content (AvgIpc) is 2.20. The monoisotopic (exact) mass is 183 g/mol. The fourth-order valence-corrected chi connectivity index (χ4v) is 0.758. The van der Waals surface area contributed by atoms with E-state index < -0.39 is 0 Å². The molecule has 0 aromatic carbocycles. The van der Waals surface area contributed by atoms with Gasteiger partial charge in [-0.1, -0.05) is 45.4 Å². The first-order valence-corrected chi connectivity index (χ1v) is 5.07. The minimum absolute atomic E-state index is 0.621. The van der Waals surface area contributed by atoms with E-state index in [1.165, 1.54) is 13.5 Å². The Kier molecular flexibility index (Phi) is 13.1. The first kappa shape index (κ1) is 14.9. The summed E-state index contributed by atoms with van der Waals surface area (Å²) in [5.41, 5.74) is 4.50. The summed E-state index contributed by atoms with van der Waals surface area (Å²) in [4.78, 5) is 0. The molecule has 0 aliphatic carbocycles. The normalized spacial score (nSPS) is 14.5. The fourth-order valence-electron chi connectivity index (χ4n) is 0.758. The van der Waals surface area contributed by atoms with Crippen LogP contribution >= 0.6 is 0 Å². The summed E-state index contributed by atoms with van der Waals surface area (Å²) in [5, 5.41) is 0. The lowest BCUT2D eigenvalue weighted by Crippen LogP contribution is -1.87. The first-order chi connectivity index (χ1) is 6.20.